The Bertz CT molecular complexity index is 728. The summed E-state index contributed by atoms with van der Waals surface area (Å²) in [5.74, 6) is 2.51. The Kier molecular flexibility index (Phi) is 5.39. The Hall–Kier alpha value is -1.92. The molecule has 1 N–H and O–H groups in total. The summed E-state index contributed by atoms with van der Waals surface area (Å²) in [7, 11) is 1.65. The van der Waals surface area contributed by atoms with Gasteiger partial charge in [0.1, 0.15) is 17.4 Å². The van der Waals surface area contributed by atoms with Gasteiger partial charge in [0, 0.05) is 18.2 Å². The van der Waals surface area contributed by atoms with Crippen LogP contribution in [-0.2, 0) is 6.54 Å². The van der Waals surface area contributed by atoms with Gasteiger partial charge in [0.15, 0.2) is 0 Å². The number of likely N-dealkylation sites (tertiary alicyclic amines) is 1. The lowest BCUT2D eigenvalue weighted by Gasteiger charge is -2.27. The average molecular weight is 344 g/mol. The molecular formula is C19H28N4O2. The largest absolute Gasteiger partial charge is 0.496 e. The van der Waals surface area contributed by atoms with Crippen LogP contribution in [0.25, 0.3) is 0 Å². The molecule has 0 amide bonds. The van der Waals surface area contributed by atoms with Gasteiger partial charge in [0.05, 0.1) is 19.8 Å². The molecule has 2 atom stereocenters. The first-order chi connectivity index (χ1) is 12.0. The Labute approximate surface area is 149 Å². The molecule has 0 bridgehead atoms. The Morgan fingerprint density at radius 1 is 1.32 bits per heavy atom. The number of hydrogen-bond acceptors (Lipinski definition) is 5. The third-order valence-electron chi connectivity index (χ3n) is 5.00. The van der Waals surface area contributed by atoms with Gasteiger partial charge in [-0.3, -0.25) is 4.90 Å². The molecule has 6 heteroatoms. The summed E-state index contributed by atoms with van der Waals surface area (Å²) in [6.45, 7) is 8.38. The highest BCUT2D eigenvalue weighted by Gasteiger charge is 2.28. The Morgan fingerprint density at radius 2 is 2.12 bits per heavy atom. The summed E-state index contributed by atoms with van der Waals surface area (Å²) in [5.41, 5.74) is 1.99. The highest BCUT2D eigenvalue weighted by atomic mass is 16.5. The van der Waals surface area contributed by atoms with Crippen molar-refractivity contribution in [2.45, 2.75) is 52.3 Å². The molecule has 2 heterocycles. The number of methoxy groups -OCH3 is 1. The third-order valence-corrected chi connectivity index (χ3v) is 5.00. The first-order valence-corrected chi connectivity index (χ1v) is 8.92. The van der Waals surface area contributed by atoms with E-state index in [4.69, 9.17) is 4.74 Å². The van der Waals surface area contributed by atoms with Crippen LogP contribution in [0.15, 0.2) is 18.2 Å². The maximum absolute atomic E-state index is 10.8. The van der Waals surface area contributed by atoms with Crippen molar-refractivity contribution in [3.63, 3.8) is 0 Å². The van der Waals surface area contributed by atoms with E-state index >= 15 is 0 Å². The van der Waals surface area contributed by atoms with Gasteiger partial charge in [-0.25, -0.2) is 9.67 Å². The van der Waals surface area contributed by atoms with Crippen molar-refractivity contribution in [1.29, 1.82) is 0 Å². The smallest absolute Gasteiger partial charge is 0.147 e. The number of aryl methyl sites for hydroxylation is 3. The molecule has 0 radical (unpaired) electrons. The second kappa shape index (κ2) is 7.54. The van der Waals surface area contributed by atoms with E-state index < -0.39 is 6.10 Å². The van der Waals surface area contributed by atoms with Gasteiger partial charge in [-0.1, -0.05) is 11.6 Å². The van der Waals surface area contributed by atoms with Gasteiger partial charge < -0.3 is 9.84 Å². The van der Waals surface area contributed by atoms with Crippen molar-refractivity contribution in [2.75, 3.05) is 20.2 Å². The maximum Gasteiger partial charge on any atom is 0.147 e. The summed E-state index contributed by atoms with van der Waals surface area (Å²) < 4.78 is 7.41. The van der Waals surface area contributed by atoms with E-state index in [0.29, 0.717) is 12.6 Å². The molecule has 1 aromatic heterocycles. The van der Waals surface area contributed by atoms with Crippen molar-refractivity contribution < 1.29 is 9.84 Å². The number of benzene rings is 1. The van der Waals surface area contributed by atoms with Crippen LogP contribution in [0.4, 0.5) is 0 Å². The van der Waals surface area contributed by atoms with Gasteiger partial charge in [0.2, 0.25) is 0 Å². The van der Waals surface area contributed by atoms with Crippen molar-refractivity contribution in [2.24, 2.45) is 0 Å². The van der Waals surface area contributed by atoms with Crippen LogP contribution in [0, 0.1) is 20.8 Å². The summed E-state index contributed by atoms with van der Waals surface area (Å²) >= 11 is 0. The lowest BCUT2D eigenvalue weighted by atomic mass is 10.0. The first-order valence-electron chi connectivity index (χ1n) is 8.92. The second-order valence-electron chi connectivity index (χ2n) is 6.94. The molecule has 0 saturated carbocycles. The molecule has 1 fully saturated rings. The zero-order valence-corrected chi connectivity index (χ0v) is 15.6. The molecule has 0 aliphatic carbocycles. The van der Waals surface area contributed by atoms with Crippen molar-refractivity contribution in [3.8, 4) is 5.75 Å². The monoisotopic (exact) mass is 344 g/mol. The zero-order valence-electron chi connectivity index (χ0n) is 15.6. The Morgan fingerprint density at radius 3 is 2.80 bits per heavy atom. The van der Waals surface area contributed by atoms with Crippen LogP contribution in [0.3, 0.4) is 0 Å². The molecule has 1 aromatic carbocycles. The third kappa shape index (κ3) is 4.02. The normalized spacial score (nSPS) is 19.3. The molecule has 1 aliphatic heterocycles. The minimum absolute atomic E-state index is 0.380. The van der Waals surface area contributed by atoms with Crippen LogP contribution in [0.1, 0.15) is 41.7 Å². The summed E-state index contributed by atoms with van der Waals surface area (Å²) in [5, 5.41) is 15.3. The fraction of sp³-hybridized carbons (Fsp3) is 0.579. The fourth-order valence-corrected chi connectivity index (χ4v) is 3.71. The SMILES string of the molecule is COc1ccc(C)cc1[C@H](O)CN1CCC[C@@H]1Cn1nc(C)nc1C. The lowest BCUT2D eigenvalue weighted by Crippen LogP contribution is -2.36. The van der Waals surface area contributed by atoms with Crippen molar-refractivity contribution in [1.82, 2.24) is 19.7 Å². The lowest BCUT2D eigenvalue weighted by molar-refractivity contribution is 0.0981. The molecule has 25 heavy (non-hydrogen) atoms. The number of ether oxygens (including phenoxy) is 1. The number of aromatic nitrogens is 3. The standard InChI is InChI=1S/C19H28N4O2/c1-13-7-8-19(25-4)17(10-13)18(24)12-22-9-5-6-16(22)11-23-15(3)20-14(2)21-23/h7-8,10,16,18,24H,5-6,9,11-12H2,1-4H3/t16-,18-/m1/s1. The fourth-order valence-electron chi connectivity index (χ4n) is 3.71. The minimum Gasteiger partial charge on any atom is -0.496 e. The predicted octanol–water partition coefficient (Wildman–Crippen LogP) is 2.41. The molecule has 3 rings (SSSR count). The molecule has 0 spiro atoms. The Balaban J connectivity index is 1.71. The minimum atomic E-state index is -0.561. The topological polar surface area (TPSA) is 63.4 Å². The van der Waals surface area contributed by atoms with Crippen molar-refractivity contribution in [3.05, 3.63) is 41.0 Å². The maximum atomic E-state index is 10.8. The molecular weight excluding hydrogens is 316 g/mol. The molecule has 2 aromatic rings. The van der Waals surface area contributed by atoms with E-state index in [2.05, 4.69) is 15.0 Å². The van der Waals surface area contributed by atoms with Gasteiger partial charge in [-0.15, -0.1) is 0 Å². The van der Waals surface area contributed by atoms with E-state index in [-0.39, 0.29) is 0 Å². The van der Waals surface area contributed by atoms with Crippen LogP contribution < -0.4 is 4.74 Å². The number of aliphatic hydroxyl groups excluding tert-OH is 1. The predicted molar refractivity (Wildman–Crippen MR) is 96.8 cm³/mol. The number of aliphatic hydroxyl groups is 1. The molecule has 6 nitrogen and oxygen atoms in total. The highest BCUT2D eigenvalue weighted by molar-refractivity contribution is 5.38. The first kappa shape index (κ1) is 17.9. The van der Waals surface area contributed by atoms with E-state index in [0.717, 1.165) is 54.5 Å². The molecule has 0 unspecified atom stereocenters. The van der Waals surface area contributed by atoms with Crippen LogP contribution in [-0.4, -0.2) is 51.0 Å². The number of β-amino-alcohol motifs (C(OH)–C–C–N with tert-alkyl or cyclic N) is 1. The van der Waals surface area contributed by atoms with Gasteiger partial charge in [-0.05, 0) is 52.3 Å². The summed E-state index contributed by atoms with van der Waals surface area (Å²) in [6, 6.07) is 6.32. The van der Waals surface area contributed by atoms with Crippen molar-refractivity contribution >= 4 is 0 Å². The van der Waals surface area contributed by atoms with Crippen LogP contribution >= 0.6 is 0 Å². The van der Waals surface area contributed by atoms with E-state index in [1.807, 2.05) is 43.7 Å². The van der Waals surface area contributed by atoms with E-state index in [1.165, 1.54) is 0 Å². The van der Waals surface area contributed by atoms with Gasteiger partial charge in [-0.2, -0.15) is 5.10 Å². The number of hydrogen-bond donors (Lipinski definition) is 1. The van der Waals surface area contributed by atoms with Crippen LogP contribution in [0.5, 0.6) is 5.75 Å². The average Bonchev–Trinajstić information content (AvgIpc) is 3.13. The summed E-state index contributed by atoms with van der Waals surface area (Å²) in [4.78, 5) is 6.75. The van der Waals surface area contributed by atoms with Crippen LogP contribution in [0.2, 0.25) is 0 Å². The summed E-state index contributed by atoms with van der Waals surface area (Å²) in [6.07, 6.45) is 1.71. The van der Waals surface area contributed by atoms with E-state index in [9.17, 15) is 5.11 Å². The van der Waals surface area contributed by atoms with Gasteiger partial charge in [0.25, 0.3) is 0 Å². The zero-order chi connectivity index (χ0) is 18.0. The van der Waals surface area contributed by atoms with Gasteiger partial charge >= 0.3 is 0 Å². The number of rotatable bonds is 6. The van der Waals surface area contributed by atoms with E-state index in [1.54, 1.807) is 7.11 Å². The molecule has 1 saturated heterocycles. The molecule has 1 aliphatic rings. The number of nitrogens with zero attached hydrogens (tertiary/aromatic N) is 4. The molecule has 136 valence electrons. The highest BCUT2D eigenvalue weighted by Crippen LogP contribution is 2.29. The quantitative estimate of drug-likeness (QED) is 0.872. The second-order valence-corrected chi connectivity index (χ2v) is 6.94.